The van der Waals surface area contributed by atoms with Crippen molar-refractivity contribution in [2.45, 2.75) is 25.7 Å². The van der Waals surface area contributed by atoms with E-state index in [1.54, 1.807) is 11.3 Å². The van der Waals surface area contributed by atoms with E-state index in [0.29, 0.717) is 5.92 Å². The molecule has 1 aromatic heterocycles. The molecule has 0 bridgehead atoms. The molecule has 0 aliphatic carbocycles. The molecular formula is C10H15NOS. The van der Waals surface area contributed by atoms with Crippen LogP contribution in [0.15, 0.2) is 6.07 Å². The predicted molar refractivity (Wildman–Crippen MR) is 56.3 cm³/mol. The molecule has 0 atom stereocenters. The van der Waals surface area contributed by atoms with Gasteiger partial charge in [0.25, 0.3) is 0 Å². The lowest BCUT2D eigenvalue weighted by Gasteiger charge is -2.20. The second-order valence-corrected chi connectivity index (χ2v) is 4.70. The van der Waals surface area contributed by atoms with Gasteiger partial charge in [0.05, 0.1) is 5.00 Å². The van der Waals surface area contributed by atoms with Gasteiger partial charge in [0, 0.05) is 18.1 Å². The summed E-state index contributed by atoms with van der Waals surface area (Å²) in [5.74, 6) is 0.690. The van der Waals surface area contributed by atoms with Crippen LogP contribution >= 0.6 is 11.3 Å². The van der Waals surface area contributed by atoms with Gasteiger partial charge in [-0.25, -0.2) is 0 Å². The fraction of sp³-hybridized carbons (Fsp3) is 0.600. The summed E-state index contributed by atoms with van der Waals surface area (Å²) in [5, 5.41) is 0.974. The fourth-order valence-electron chi connectivity index (χ4n) is 1.70. The Kier molecular flexibility index (Phi) is 2.56. The number of ether oxygens (including phenoxy) is 1. The Morgan fingerprint density at radius 3 is 2.69 bits per heavy atom. The van der Waals surface area contributed by atoms with Gasteiger partial charge in [0.1, 0.15) is 0 Å². The first-order chi connectivity index (χ1) is 6.27. The molecule has 13 heavy (non-hydrogen) atoms. The molecule has 0 spiro atoms. The van der Waals surface area contributed by atoms with Crippen molar-refractivity contribution in [2.24, 2.45) is 0 Å². The van der Waals surface area contributed by atoms with Gasteiger partial charge in [-0.3, -0.25) is 0 Å². The van der Waals surface area contributed by atoms with Gasteiger partial charge < -0.3 is 10.5 Å². The highest BCUT2D eigenvalue weighted by Gasteiger charge is 2.18. The molecule has 1 saturated heterocycles. The van der Waals surface area contributed by atoms with Gasteiger partial charge in [0.2, 0.25) is 0 Å². The first-order valence-corrected chi connectivity index (χ1v) is 5.52. The zero-order valence-electron chi connectivity index (χ0n) is 7.88. The van der Waals surface area contributed by atoms with Gasteiger partial charge in [0.15, 0.2) is 0 Å². The maximum absolute atomic E-state index is 5.83. The second kappa shape index (κ2) is 3.68. The van der Waals surface area contributed by atoms with Gasteiger partial charge >= 0.3 is 0 Å². The smallest absolute Gasteiger partial charge is 0.0889 e. The third-order valence-corrected chi connectivity index (χ3v) is 3.83. The van der Waals surface area contributed by atoms with Gasteiger partial charge in [-0.2, -0.15) is 0 Å². The number of hydrogen-bond acceptors (Lipinski definition) is 3. The molecule has 2 rings (SSSR count). The third kappa shape index (κ3) is 1.86. The Hall–Kier alpha value is -0.540. The van der Waals surface area contributed by atoms with E-state index >= 15 is 0 Å². The van der Waals surface area contributed by atoms with E-state index in [9.17, 15) is 0 Å². The Labute approximate surface area is 82.7 Å². The minimum atomic E-state index is 0.690. The Balaban J connectivity index is 2.14. The van der Waals surface area contributed by atoms with Crippen molar-refractivity contribution in [2.75, 3.05) is 18.9 Å². The summed E-state index contributed by atoms with van der Waals surface area (Å²) >= 11 is 1.74. The van der Waals surface area contributed by atoms with Crippen molar-refractivity contribution in [3.05, 3.63) is 16.5 Å². The highest BCUT2D eigenvalue weighted by molar-refractivity contribution is 7.16. The van der Waals surface area contributed by atoms with E-state index < -0.39 is 0 Å². The molecule has 2 N–H and O–H groups in total. The largest absolute Gasteiger partial charge is 0.390 e. The van der Waals surface area contributed by atoms with E-state index in [1.807, 2.05) is 0 Å². The van der Waals surface area contributed by atoms with Crippen LogP contribution in [-0.2, 0) is 4.74 Å². The number of rotatable bonds is 1. The zero-order chi connectivity index (χ0) is 9.26. The first-order valence-electron chi connectivity index (χ1n) is 4.71. The van der Waals surface area contributed by atoms with E-state index in [2.05, 4.69) is 13.0 Å². The summed E-state index contributed by atoms with van der Waals surface area (Å²) < 4.78 is 5.33. The predicted octanol–water partition coefficient (Wildman–Crippen LogP) is 2.53. The van der Waals surface area contributed by atoms with Crippen LogP contribution in [0.5, 0.6) is 0 Å². The molecule has 72 valence electrons. The summed E-state index contributed by atoms with van der Waals surface area (Å²) in [7, 11) is 0. The second-order valence-electron chi connectivity index (χ2n) is 3.58. The van der Waals surface area contributed by atoms with Crippen LogP contribution in [-0.4, -0.2) is 13.2 Å². The van der Waals surface area contributed by atoms with E-state index in [0.717, 1.165) is 31.1 Å². The summed E-state index contributed by atoms with van der Waals surface area (Å²) in [6, 6.07) is 2.23. The van der Waals surface area contributed by atoms with Crippen LogP contribution in [0.3, 0.4) is 0 Å². The van der Waals surface area contributed by atoms with Crippen LogP contribution in [0.2, 0.25) is 0 Å². The Bertz CT molecular complexity index is 270. The van der Waals surface area contributed by atoms with Gasteiger partial charge in [-0.1, -0.05) is 0 Å². The van der Waals surface area contributed by atoms with Crippen LogP contribution < -0.4 is 5.73 Å². The van der Waals surface area contributed by atoms with Crippen molar-refractivity contribution < 1.29 is 4.74 Å². The van der Waals surface area contributed by atoms with Crippen molar-refractivity contribution in [1.29, 1.82) is 0 Å². The quantitative estimate of drug-likeness (QED) is 0.751. The zero-order valence-corrected chi connectivity index (χ0v) is 8.69. The number of hydrogen-bond donors (Lipinski definition) is 1. The highest BCUT2D eigenvalue weighted by Crippen LogP contribution is 2.35. The lowest BCUT2D eigenvalue weighted by molar-refractivity contribution is 0.0860. The molecule has 0 saturated carbocycles. The molecule has 1 aliphatic heterocycles. The van der Waals surface area contributed by atoms with Crippen LogP contribution in [0.25, 0.3) is 0 Å². The SMILES string of the molecule is Cc1cc(C2CCOCC2)sc1N. The molecule has 1 aromatic rings. The molecule has 0 radical (unpaired) electrons. The Morgan fingerprint density at radius 2 is 2.15 bits per heavy atom. The standard InChI is InChI=1S/C10H15NOS/c1-7-6-9(13-10(7)11)8-2-4-12-5-3-8/h6,8H,2-5,11H2,1H3. The Morgan fingerprint density at radius 1 is 1.46 bits per heavy atom. The molecule has 3 heteroatoms. The molecule has 1 aliphatic rings. The lowest BCUT2D eigenvalue weighted by atomic mass is 9.98. The number of thiophene rings is 1. The number of anilines is 1. The average Bonchev–Trinajstić information content (AvgIpc) is 2.49. The number of nitrogens with two attached hydrogens (primary N) is 1. The van der Waals surface area contributed by atoms with Crippen molar-refractivity contribution in [1.82, 2.24) is 0 Å². The summed E-state index contributed by atoms with van der Waals surface area (Å²) in [4.78, 5) is 1.44. The van der Waals surface area contributed by atoms with Crippen molar-refractivity contribution in [3.8, 4) is 0 Å². The highest BCUT2D eigenvalue weighted by atomic mass is 32.1. The number of nitrogen functional groups attached to an aromatic ring is 1. The topological polar surface area (TPSA) is 35.2 Å². The molecule has 1 fully saturated rings. The van der Waals surface area contributed by atoms with E-state index in [1.165, 1.54) is 10.4 Å². The minimum Gasteiger partial charge on any atom is -0.390 e. The molecule has 2 nitrogen and oxygen atoms in total. The third-order valence-electron chi connectivity index (χ3n) is 2.60. The van der Waals surface area contributed by atoms with Gasteiger partial charge in [-0.05, 0) is 37.3 Å². The van der Waals surface area contributed by atoms with Crippen LogP contribution in [0.1, 0.15) is 29.2 Å². The molecular weight excluding hydrogens is 182 g/mol. The first kappa shape index (κ1) is 9.03. The van der Waals surface area contributed by atoms with Crippen molar-refractivity contribution in [3.63, 3.8) is 0 Å². The van der Waals surface area contributed by atoms with Crippen molar-refractivity contribution >= 4 is 16.3 Å². The molecule has 0 aromatic carbocycles. The summed E-state index contributed by atoms with van der Waals surface area (Å²) in [6.07, 6.45) is 2.30. The maximum Gasteiger partial charge on any atom is 0.0889 e. The fourth-order valence-corrected chi connectivity index (χ4v) is 2.82. The van der Waals surface area contributed by atoms with Gasteiger partial charge in [-0.15, -0.1) is 11.3 Å². The van der Waals surface area contributed by atoms with Crippen LogP contribution in [0.4, 0.5) is 5.00 Å². The van der Waals surface area contributed by atoms with Crippen LogP contribution in [0, 0.1) is 6.92 Å². The summed E-state index contributed by atoms with van der Waals surface area (Å²) in [5.41, 5.74) is 7.06. The monoisotopic (exact) mass is 197 g/mol. The van der Waals surface area contributed by atoms with E-state index in [-0.39, 0.29) is 0 Å². The molecule has 0 amide bonds. The average molecular weight is 197 g/mol. The normalized spacial score (nSPS) is 19.2. The summed E-state index contributed by atoms with van der Waals surface area (Å²) in [6.45, 7) is 3.89. The van der Waals surface area contributed by atoms with E-state index in [4.69, 9.17) is 10.5 Å². The number of aryl methyl sites for hydroxylation is 1. The maximum atomic E-state index is 5.83. The lowest BCUT2D eigenvalue weighted by Crippen LogP contribution is -2.12. The minimum absolute atomic E-state index is 0.690. The molecule has 2 heterocycles. The molecule has 0 unspecified atom stereocenters.